The molecule has 1 fully saturated rings. The standard InChI is InChI=1S/C10H16N4/c11-4-7-14(9-2-1-3-9)10-8-12-5-6-13-10/h5-6,8-9H,1-4,7,11H2. The van der Waals surface area contributed by atoms with Crippen molar-refractivity contribution in [3.05, 3.63) is 18.6 Å². The predicted molar refractivity (Wildman–Crippen MR) is 56.1 cm³/mol. The monoisotopic (exact) mass is 192 g/mol. The zero-order valence-corrected chi connectivity index (χ0v) is 8.26. The van der Waals surface area contributed by atoms with Crippen molar-refractivity contribution in [2.24, 2.45) is 5.73 Å². The first-order valence-electron chi connectivity index (χ1n) is 5.14. The van der Waals surface area contributed by atoms with Crippen molar-refractivity contribution >= 4 is 5.82 Å². The van der Waals surface area contributed by atoms with Gasteiger partial charge in [-0.15, -0.1) is 0 Å². The summed E-state index contributed by atoms with van der Waals surface area (Å²) in [6.07, 6.45) is 9.09. The van der Waals surface area contributed by atoms with Gasteiger partial charge in [0.05, 0.1) is 6.20 Å². The molecule has 1 heterocycles. The number of hydrogen-bond donors (Lipinski definition) is 1. The summed E-state index contributed by atoms with van der Waals surface area (Å²) in [5, 5.41) is 0. The zero-order valence-electron chi connectivity index (χ0n) is 8.26. The van der Waals surface area contributed by atoms with Gasteiger partial charge in [-0.25, -0.2) is 4.98 Å². The van der Waals surface area contributed by atoms with E-state index in [-0.39, 0.29) is 0 Å². The number of nitrogens with zero attached hydrogens (tertiary/aromatic N) is 3. The summed E-state index contributed by atoms with van der Waals surface area (Å²) in [6.45, 7) is 1.55. The highest BCUT2D eigenvalue weighted by atomic mass is 15.2. The maximum atomic E-state index is 5.59. The van der Waals surface area contributed by atoms with Gasteiger partial charge in [-0.05, 0) is 19.3 Å². The molecule has 4 nitrogen and oxygen atoms in total. The molecule has 1 aromatic rings. The molecule has 0 saturated heterocycles. The van der Waals surface area contributed by atoms with Crippen LogP contribution in [0.25, 0.3) is 0 Å². The largest absolute Gasteiger partial charge is 0.351 e. The Bertz CT molecular complexity index is 271. The highest BCUT2D eigenvalue weighted by Gasteiger charge is 2.25. The normalized spacial score (nSPS) is 16.4. The third-order valence-electron chi connectivity index (χ3n) is 2.73. The Hall–Kier alpha value is -1.16. The molecule has 0 bridgehead atoms. The molecular formula is C10H16N4. The van der Waals surface area contributed by atoms with Gasteiger partial charge in [0.25, 0.3) is 0 Å². The average molecular weight is 192 g/mol. The van der Waals surface area contributed by atoms with Crippen molar-refractivity contribution in [1.82, 2.24) is 9.97 Å². The number of rotatable bonds is 4. The minimum atomic E-state index is 0.634. The highest BCUT2D eigenvalue weighted by molar-refractivity contribution is 5.37. The molecule has 1 aromatic heterocycles. The minimum absolute atomic E-state index is 0.634. The molecule has 1 saturated carbocycles. The van der Waals surface area contributed by atoms with Crippen LogP contribution in [0.15, 0.2) is 18.6 Å². The van der Waals surface area contributed by atoms with E-state index in [1.165, 1.54) is 19.3 Å². The van der Waals surface area contributed by atoms with Gasteiger partial charge in [0.15, 0.2) is 0 Å². The van der Waals surface area contributed by atoms with Gasteiger partial charge in [-0.1, -0.05) is 0 Å². The summed E-state index contributed by atoms with van der Waals surface area (Å²) in [6, 6.07) is 0.634. The van der Waals surface area contributed by atoms with Crippen LogP contribution in [0.2, 0.25) is 0 Å². The molecule has 0 aliphatic heterocycles. The maximum absolute atomic E-state index is 5.59. The van der Waals surface area contributed by atoms with Crippen molar-refractivity contribution < 1.29 is 0 Å². The van der Waals surface area contributed by atoms with Crippen LogP contribution < -0.4 is 10.6 Å². The molecule has 2 N–H and O–H groups in total. The van der Waals surface area contributed by atoms with Gasteiger partial charge in [0, 0.05) is 31.5 Å². The lowest BCUT2D eigenvalue weighted by Crippen LogP contribution is -2.43. The summed E-state index contributed by atoms with van der Waals surface area (Å²) in [5.74, 6) is 0.961. The second-order valence-electron chi connectivity index (χ2n) is 3.63. The lowest BCUT2D eigenvalue weighted by molar-refractivity contribution is 0.385. The van der Waals surface area contributed by atoms with Crippen LogP contribution in [0.1, 0.15) is 19.3 Å². The fraction of sp³-hybridized carbons (Fsp3) is 0.600. The van der Waals surface area contributed by atoms with E-state index in [1.807, 2.05) is 6.20 Å². The first-order valence-corrected chi connectivity index (χ1v) is 5.14. The molecular weight excluding hydrogens is 176 g/mol. The van der Waals surface area contributed by atoms with Gasteiger partial charge in [-0.2, -0.15) is 0 Å². The van der Waals surface area contributed by atoms with Gasteiger partial charge < -0.3 is 10.6 Å². The van der Waals surface area contributed by atoms with E-state index >= 15 is 0 Å². The molecule has 0 spiro atoms. The van der Waals surface area contributed by atoms with E-state index in [4.69, 9.17) is 5.73 Å². The van der Waals surface area contributed by atoms with E-state index in [9.17, 15) is 0 Å². The Balaban J connectivity index is 2.09. The molecule has 0 amide bonds. The second-order valence-corrected chi connectivity index (χ2v) is 3.63. The lowest BCUT2D eigenvalue weighted by atomic mass is 9.91. The maximum Gasteiger partial charge on any atom is 0.147 e. The molecule has 14 heavy (non-hydrogen) atoms. The van der Waals surface area contributed by atoms with Crippen molar-refractivity contribution in [2.75, 3.05) is 18.0 Å². The van der Waals surface area contributed by atoms with Crippen molar-refractivity contribution in [2.45, 2.75) is 25.3 Å². The summed E-state index contributed by atoms with van der Waals surface area (Å²) < 4.78 is 0. The first-order chi connectivity index (χ1) is 6.92. The van der Waals surface area contributed by atoms with Crippen molar-refractivity contribution in [3.63, 3.8) is 0 Å². The van der Waals surface area contributed by atoms with Crippen LogP contribution in [0.3, 0.4) is 0 Å². The summed E-state index contributed by atoms with van der Waals surface area (Å²) in [5.41, 5.74) is 5.59. The number of aromatic nitrogens is 2. The van der Waals surface area contributed by atoms with E-state index in [2.05, 4.69) is 14.9 Å². The second kappa shape index (κ2) is 4.37. The van der Waals surface area contributed by atoms with Crippen LogP contribution >= 0.6 is 0 Å². The fourth-order valence-electron chi connectivity index (χ4n) is 1.76. The van der Waals surface area contributed by atoms with Gasteiger partial charge in [0.2, 0.25) is 0 Å². The Kier molecular flexibility index (Phi) is 2.93. The Morgan fingerprint density at radius 3 is 2.79 bits per heavy atom. The molecule has 76 valence electrons. The van der Waals surface area contributed by atoms with Crippen molar-refractivity contribution in [1.29, 1.82) is 0 Å². The molecule has 4 heteroatoms. The van der Waals surface area contributed by atoms with E-state index in [1.54, 1.807) is 12.4 Å². The fourth-order valence-corrected chi connectivity index (χ4v) is 1.76. The van der Waals surface area contributed by atoms with E-state index in [0.29, 0.717) is 12.6 Å². The molecule has 2 rings (SSSR count). The van der Waals surface area contributed by atoms with Gasteiger partial charge in [0.1, 0.15) is 5.82 Å². The topological polar surface area (TPSA) is 55.0 Å². The van der Waals surface area contributed by atoms with Crippen LogP contribution in [-0.4, -0.2) is 29.1 Å². The van der Waals surface area contributed by atoms with Crippen molar-refractivity contribution in [3.8, 4) is 0 Å². The smallest absolute Gasteiger partial charge is 0.147 e. The minimum Gasteiger partial charge on any atom is -0.351 e. The Morgan fingerprint density at radius 1 is 1.43 bits per heavy atom. The quantitative estimate of drug-likeness (QED) is 0.766. The first kappa shape index (κ1) is 9.40. The SMILES string of the molecule is NCCN(c1cnccn1)C1CCC1. The molecule has 0 radical (unpaired) electrons. The summed E-state index contributed by atoms with van der Waals surface area (Å²) >= 11 is 0. The van der Waals surface area contributed by atoms with Gasteiger partial charge >= 0.3 is 0 Å². The Labute approximate surface area is 84.2 Å². The number of anilines is 1. The third kappa shape index (κ3) is 1.85. The Morgan fingerprint density at radius 2 is 2.29 bits per heavy atom. The molecule has 1 aliphatic carbocycles. The van der Waals surface area contributed by atoms with E-state index < -0.39 is 0 Å². The molecule has 0 aromatic carbocycles. The summed E-state index contributed by atoms with van der Waals surface area (Å²) in [7, 11) is 0. The number of nitrogens with two attached hydrogens (primary N) is 1. The molecule has 0 atom stereocenters. The van der Waals surface area contributed by atoms with Crippen LogP contribution in [0.5, 0.6) is 0 Å². The third-order valence-corrected chi connectivity index (χ3v) is 2.73. The number of hydrogen-bond acceptors (Lipinski definition) is 4. The highest BCUT2D eigenvalue weighted by Crippen LogP contribution is 2.27. The lowest BCUT2D eigenvalue weighted by Gasteiger charge is -2.37. The average Bonchev–Trinajstić information content (AvgIpc) is 2.16. The molecule has 0 unspecified atom stereocenters. The molecule has 1 aliphatic rings. The summed E-state index contributed by atoms with van der Waals surface area (Å²) in [4.78, 5) is 10.7. The van der Waals surface area contributed by atoms with E-state index in [0.717, 1.165) is 12.4 Å². The van der Waals surface area contributed by atoms with Gasteiger partial charge in [-0.3, -0.25) is 4.98 Å². The zero-order chi connectivity index (χ0) is 9.80. The predicted octanol–water partition coefficient (Wildman–Crippen LogP) is 0.794. The van der Waals surface area contributed by atoms with Crippen LogP contribution in [-0.2, 0) is 0 Å². The van der Waals surface area contributed by atoms with Crippen LogP contribution in [0, 0.1) is 0 Å². The van der Waals surface area contributed by atoms with Crippen LogP contribution in [0.4, 0.5) is 5.82 Å².